The molecule has 1 amide bonds. The molecule has 3 heterocycles. The molecule has 0 unspecified atom stereocenters. The Hall–Kier alpha value is -2.88. The topological polar surface area (TPSA) is 91.2 Å². The largest absolute Gasteiger partial charge is 0.379 e. The lowest BCUT2D eigenvalue weighted by Gasteiger charge is -2.49. The number of rotatable bonds is 6. The van der Waals surface area contributed by atoms with Crippen LogP contribution in [0.25, 0.3) is 0 Å². The van der Waals surface area contributed by atoms with E-state index in [2.05, 4.69) is 20.0 Å². The molecule has 2 aromatic carbocycles. The first-order valence-electron chi connectivity index (χ1n) is 12.1. The Kier molecular flexibility index (Phi) is 7.08. The van der Waals surface area contributed by atoms with Gasteiger partial charge in [0.05, 0.1) is 30.1 Å². The molecule has 2 saturated heterocycles. The van der Waals surface area contributed by atoms with Crippen LogP contribution in [0.15, 0.2) is 42.5 Å². The van der Waals surface area contributed by atoms with Crippen molar-refractivity contribution in [2.24, 2.45) is 5.92 Å². The smallest absolute Gasteiger partial charge is 0.269 e. The number of nitrogens with one attached hydrogen (secondary N) is 1. The van der Waals surface area contributed by atoms with Crippen LogP contribution in [0.2, 0.25) is 5.02 Å². The number of carbonyl (C=O) groups is 1. The molecule has 2 aromatic rings. The fourth-order valence-corrected chi connectivity index (χ4v) is 5.53. The number of hydrogen-bond donors (Lipinski definition) is 1. The highest BCUT2D eigenvalue weighted by molar-refractivity contribution is 6.30. The zero-order chi connectivity index (χ0) is 24.4. The van der Waals surface area contributed by atoms with Crippen LogP contribution in [0.3, 0.4) is 0 Å². The summed E-state index contributed by atoms with van der Waals surface area (Å²) in [5, 5.41) is 15.2. The van der Waals surface area contributed by atoms with Gasteiger partial charge in [-0.3, -0.25) is 19.8 Å². The summed E-state index contributed by atoms with van der Waals surface area (Å²) in [6.45, 7) is 6.79. The minimum atomic E-state index is -0.373. The van der Waals surface area contributed by atoms with Crippen LogP contribution < -0.4 is 15.1 Å². The Labute approximate surface area is 209 Å². The number of piperazine rings is 1. The fraction of sp³-hybridized carbons (Fsp3) is 0.480. The molecule has 2 atom stereocenters. The molecule has 3 aliphatic rings. The summed E-state index contributed by atoms with van der Waals surface area (Å²) in [5.41, 5.74) is 3.00. The summed E-state index contributed by atoms with van der Waals surface area (Å²) in [7, 11) is 0. The number of non-ortho nitro benzene ring substituents is 1. The first kappa shape index (κ1) is 23.8. The average molecular weight is 500 g/mol. The zero-order valence-corrected chi connectivity index (χ0v) is 20.3. The zero-order valence-electron chi connectivity index (χ0n) is 19.6. The molecule has 0 aliphatic carbocycles. The van der Waals surface area contributed by atoms with Crippen molar-refractivity contribution in [2.45, 2.75) is 12.5 Å². The van der Waals surface area contributed by atoms with Crippen molar-refractivity contribution in [3.05, 3.63) is 63.2 Å². The highest BCUT2D eigenvalue weighted by atomic mass is 35.5. The number of nitro benzene ring substituents is 1. The maximum absolute atomic E-state index is 13.5. The molecule has 35 heavy (non-hydrogen) atoms. The number of hydrogen-bond acceptors (Lipinski definition) is 7. The highest BCUT2D eigenvalue weighted by Gasteiger charge is 2.42. The second kappa shape index (κ2) is 10.4. The van der Waals surface area contributed by atoms with Crippen molar-refractivity contribution in [3.8, 4) is 0 Å². The van der Waals surface area contributed by atoms with Crippen molar-refractivity contribution in [2.75, 3.05) is 68.8 Å². The molecule has 0 spiro atoms. The lowest BCUT2D eigenvalue weighted by Crippen LogP contribution is -2.61. The van der Waals surface area contributed by atoms with Gasteiger partial charge in [-0.1, -0.05) is 11.6 Å². The molecule has 0 bridgehead atoms. The van der Waals surface area contributed by atoms with Gasteiger partial charge in [-0.2, -0.15) is 0 Å². The van der Waals surface area contributed by atoms with Crippen LogP contribution in [0, 0.1) is 16.0 Å². The molecule has 3 aliphatic heterocycles. The van der Waals surface area contributed by atoms with Crippen molar-refractivity contribution >= 4 is 34.6 Å². The Bertz CT molecular complexity index is 1080. The molecule has 0 aromatic heterocycles. The van der Waals surface area contributed by atoms with Crippen LogP contribution in [0.5, 0.6) is 0 Å². The van der Waals surface area contributed by atoms with Crippen LogP contribution in [0.4, 0.5) is 17.1 Å². The molecule has 186 valence electrons. The first-order valence-corrected chi connectivity index (χ1v) is 12.5. The van der Waals surface area contributed by atoms with Crippen LogP contribution in [-0.4, -0.2) is 80.8 Å². The maximum Gasteiger partial charge on any atom is 0.269 e. The number of ether oxygens (including phenoxy) is 1. The standard InChI is InChI=1S/C25H30ClN5O4/c26-19-1-3-20(4-2-19)29-9-10-30-23-6-5-21(31(33)34)15-18(23)16-22(24(30)17-29)25(32)27-7-8-28-11-13-35-14-12-28/h1-6,15,22,24H,7-14,16-17H2,(H,27,32)/t22-,24-/m0/s1. The van der Waals surface area contributed by atoms with Crippen LogP contribution in [-0.2, 0) is 16.0 Å². The van der Waals surface area contributed by atoms with E-state index in [1.54, 1.807) is 12.1 Å². The fourth-order valence-electron chi connectivity index (χ4n) is 5.40. The summed E-state index contributed by atoms with van der Waals surface area (Å²) in [4.78, 5) is 31.3. The average Bonchev–Trinajstić information content (AvgIpc) is 2.88. The number of fused-ring (bicyclic) bond motifs is 3. The third-order valence-corrected chi connectivity index (χ3v) is 7.52. The predicted molar refractivity (Wildman–Crippen MR) is 135 cm³/mol. The number of nitrogens with zero attached hydrogens (tertiary/aromatic N) is 4. The van der Waals surface area contributed by atoms with E-state index in [1.807, 2.05) is 30.3 Å². The molecule has 0 radical (unpaired) electrons. The summed E-state index contributed by atoms with van der Waals surface area (Å²) in [6, 6.07) is 12.8. The van der Waals surface area contributed by atoms with Gasteiger partial charge < -0.3 is 19.9 Å². The number of morpholine rings is 1. The van der Waals surface area contributed by atoms with Crippen molar-refractivity contribution in [1.29, 1.82) is 0 Å². The number of anilines is 2. The number of nitro groups is 1. The van der Waals surface area contributed by atoms with Gasteiger partial charge in [0.1, 0.15) is 0 Å². The lowest BCUT2D eigenvalue weighted by atomic mass is 9.83. The van der Waals surface area contributed by atoms with E-state index in [0.717, 1.165) is 62.9 Å². The van der Waals surface area contributed by atoms with Crippen molar-refractivity contribution < 1.29 is 14.5 Å². The summed E-state index contributed by atoms with van der Waals surface area (Å²) >= 11 is 6.08. The Morgan fingerprint density at radius 2 is 1.89 bits per heavy atom. The quantitative estimate of drug-likeness (QED) is 0.482. The summed E-state index contributed by atoms with van der Waals surface area (Å²) < 4.78 is 5.40. The van der Waals surface area contributed by atoms with Gasteiger partial charge in [-0.25, -0.2) is 0 Å². The number of amides is 1. The highest BCUT2D eigenvalue weighted by Crippen LogP contribution is 2.38. The lowest BCUT2D eigenvalue weighted by molar-refractivity contribution is -0.384. The summed E-state index contributed by atoms with van der Waals surface area (Å²) in [5.74, 6) is -0.298. The Morgan fingerprint density at radius 3 is 2.63 bits per heavy atom. The van der Waals surface area contributed by atoms with Crippen molar-refractivity contribution in [1.82, 2.24) is 10.2 Å². The van der Waals surface area contributed by atoms with Gasteiger partial charge in [0.15, 0.2) is 0 Å². The molecular weight excluding hydrogens is 470 g/mol. The van der Waals surface area contributed by atoms with E-state index in [1.165, 1.54) is 0 Å². The van der Waals surface area contributed by atoms with E-state index >= 15 is 0 Å². The van der Waals surface area contributed by atoms with Gasteiger partial charge in [0.2, 0.25) is 5.91 Å². The van der Waals surface area contributed by atoms with E-state index in [9.17, 15) is 14.9 Å². The Morgan fingerprint density at radius 1 is 1.11 bits per heavy atom. The van der Waals surface area contributed by atoms with Crippen LogP contribution >= 0.6 is 11.6 Å². The third-order valence-electron chi connectivity index (χ3n) is 7.27. The van der Waals surface area contributed by atoms with Gasteiger partial charge in [0.25, 0.3) is 5.69 Å². The van der Waals surface area contributed by atoms with Crippen LogP contribution in [0.1, 0.15) is 5.56 Å². The molecule has 1 N–H and O–H groups in total. The third kappa shape index (κ3) is 5.22. The van der Waals surface area contributed by atoms with Crippen molar-refractivity contribution in [3.63, 3.8) is 0 Å². The summed E-state index contributed by atoms with van der Waals surface area (Å²) in [6.07, 6.45) is 0.482. The van der Waals surface area contributed by atoms with E-state index < -0.39 is 0 Å². The minimum absolute atomic E-state index is 0.00312. The van der Waals surface area contributed by atoms with Gasteiger partial charge in [-0.05, 0) is 42.3 Å². The molecule has 5 rings (SSSR count). The van der Waals surface area contributed by atoms with E-state index in [0.29, 0.717) is 24.5 Å². The molecule has 9 nitrogen and oxygen atoms in total. The first-order chi connectivity index (χ1) is 17.0. The molecule has 2 fully saturated rings. The molecule has 0 saturated carbocycles. The Balaban J connectivity index is 1.36. The normalized spacial score (nSPS) is 22.3. The predicted octanol–water partition coefficient (Wildman–Crippen LogP) is 2.56. The monoisotopic (exact) mass is 499 g/mol. The van der Waals surface area contributed by atoms with Gasteiger partial charge >= 0.3 is 0 Å². The second-order valence-corrected chi connectivity index (χ2v) is 9.75. The van der Waals surface area contributed by atoms with Gasteiger partial charge in [0, 0.05) is 74.3 Å². The molecule has 10 heteroatoms. The maximum atomic E-state index is 13.5. The van der Waals surface area contributed by atoms with E-state index in [-0.39, 0.29) is 28.5 Å². The van der Waals surface area contributed by atoms with E-state index in [4.69, 9.17) is 16.3 Å². The minimum Gasteiger partial charge on any atom is -0.379 e. The number of halogens is 1. The second-order valence-electron chi connectivity index (χ2n) is 9.31. The number of carbonyl (C=O) groups excluding carboxylic acids is 1. The number of benzene rings is 2. The molecular formula is C25H30ClN5O4. The van der Waals surface area contributed by atoms with Gasteiger partial charge in [-0.15, -0.1) is 0 Å². The SMILES string of the molecule is O=C(NCCN1CCOCC1)[C@H]1Cc2cc([N+](=O)[O-])ccc2N2CCN(c3ccc(Cl)cc3)C[C@@H]12.